The number of hydrogen-bond acceptors (Lipinski definition) is 6. The maximum atomic E-state index is 11.7. The SMILES string of the molecule is CC(SCC(=O)Nc1cccc2nsnc12)C(=O)O. The molecule has 0 spiro atoms. The highest BCUT2D eigenvalue weighted by molar-refractivity contribution is 8.01. The first-order chi connectivity index (χ1) is 9.08. The molecule has 0 fully saturated rings. The molecule has 2 rings (SSSR count). The molecule has 100 valence electrons. The van der Waals surface area contributed by atoms with Gasteiger partial charge in [0, 0.05) is 0 Å². The molecule has 19 heavy (non-hydrogen) atoms. The molecule has 1 aromatic carbocycles. The Morgan fingerprint density at radius 1 is 1.47 bits per heavy atom. The van der Waals surface area contributed by atoms with Crippen molar-refractivity contribution in [1.82, 2.24) is 8.75 Å². The summed E-state index contributed by atoms with van der Waals surface area (Å²) in [6.07, 6.45) is 0. The molecule has 0 aliphatic carbocycles. The monoisotopic (exact) mass is 297 g/mol. The minimum Gasteiger partial charge on any atom is -0.480 e. The number of carbonyl (C=O) groups is 2. The number of benzene rings is 1. The van der Waals surface area contributed by atoms with Crippen LogP contribution in [0.15, 0.2) is 18.2 Å². The zero-order chi connectivity index (χ0) is 13.8. The summed E-state index contributed by atoms with van der Waals surface area (Å²) < 4.78 is 8.19. The Bertz CT molecular complexity index is 614. The lowest BCUT2D eigenvalue weighted by atomic mass is 10.2. The number of carboxylic acids is 1. The van der Waals surface area contributed by atoms with Crippen molar-refractivity contribution in [2.75, 3.05) is 11.1 Å². The average molecular weight is 297 g/mol. The van der Waals surface area contributed by atoms with Gasteiger partial charge in [-0.25, -0.2) is 0 Å². The lowest BCUT2D eigenvalue weighted by Crippen LogP contribution is -2.19. The molecule has 2 aromatic rings. The van der Waals surface area contributed by atoms with Gasteiger partial charge in [0.25, 0.3) is 0 Å². The second-order valence-corrected chi connectivity index (χ2v) is 5.63. The van der Waals surface area contributed by atoms with E-state index in [-0.39, 0.29) is 11.7 Å². The van der Waals surface area contributed by atoms with Gasteiger partial charge in [0.1, 0.15) is 11.0 Å². The maximum Gasteiger partial charge on any atom is 0.316 e. The molecule has 1 unspecified atom stereocenters. The van der Waals surface area contributed by atoms with E-state index in [1.807, 2.05) is 6.07 Å². The fraction of sp³-hybridized carbons (Fsp3) is 0.273. The number of nitrogens with one attached hydrogen (secondary N) is 1. The number of hydrogen-bond donors (Lipinski definition) is 2. The van der Waals surface area contributed by atoms with E-state index in [2.05, 4.69) is 14.1 Å². The third-order valence-corrected chi connectivity index (χ3v) is 4.05. The van der Waals surface area contributed by atoms with Crippen LogP contribution in [0.5, 0.6) is 0 Å². The smallest absolute Gasteiger partial charge is 0.316 e. The molecule has 1 heterocycles. The number of thioether (sulfide) groups is 1. The van der Waals surface area contributed by atoms with Crippen LogP contribution in [0.4, 0.5) is 5.69 Å². The molecule has 0 saturated carbocycles. The van der Waals surface area contributed by atoms with Crippen LogP contribution in [0.25, 0.3) is 11.0 Å². The van der Waals surface area contributed by atoms with Gasteiger partial charge in [0.05, 0.1) is 28.4 Å². The lowest BCUT2D eigenvalue weighted by Gasteiger charge is -2.07. The van der Waals surface area contributed by atoms with E-state index >= 15 is 0 Å². The Hall–Kier alpha value is -1.67. The van der Waals surface area contributed by atoms with E-state index in [9.17, 15) is 9.59 Å². The Kier molecular flexibility index (Phi) is 4.33. The zero-order valence-corrected chi connectivity index (χ0v) is 11.6. The van der Waals surface area contributed by atoms with Gasteiger partial charge in [-0.2, -0.15) is 8.75 Å². The summed E-state index contributed by atoms with van der Waals surface area (Å²) in [5.74, 6) is -1.09. The topological polar surface area (TPSA) is 92.2 Å². The Labute approximate surface area is 117 Å². The third-order valence-electron chi connectivity index (χ3n) is 2.37. The van der Waals surface area contributed by atoms with Crippen LogP contribution >= 0.6 is 23.5 Å². The summed E-state index contributed by atoms with van der Waals surface area (Å²) in [7, 11) is 0. The second kappa shape index (κ2) is 5.98. The quantitative estimate of drug-likeness (QED) is 0.875. The molecule has 1 aromatic heterocycles. The van der Waals surface area contributed by atoms with Crippen molar-refractivity contribution < 1.29 is 14.7 Å². The number of amides is 1. The Morgan fingerprint density at radius 3 is 3.00 bits per heavy atom. The summed E-state index contributed by atoms with van der Waals surface area (Å²) in [5.41, 5.74) is 1.98. The van der Waals surface area contributed by atoms with Crippen molar-refractivity contribution in [2.24, 2.45) is 0 Å². The van der Waals surface area contributed by atoms with Crippen molar-refractivity contribution in [2.45, 2.75) is 12.2 Å². The highest BCUT2D eigenvalue weighted by Crippen LogP contribution is 2.21. The highest BCUT2D eigenvalue weighted by atomic mass is 32.2. The number of aromatic nitrogens is 2. The molecule has 1 atom stereocenters. The summed E-state index contributed by atoms with van der Waals surface area (Å²) >= 11 is 2.16. The normalized spacial score (nSPS) is 12.3. The molecule has 1 amide bonds. The largest absolute Gasteiger partial charge is 0.480 e. The first-order valence-electron chi connectivity index (χ1n) is 5.43. The minimum atomic E-state index is -0.927. The number of carbonyl (C=O) groups excluding carboxylic acids is 1. The fourth-order valence-electron chi connectivity index (χ4n) is 1.37. The zero-order valence-electron chi connectivity index (χ0n) is 9.99. The number of nitrogens with zero attached hydrogens (tertiary/aromatic N) is 2. The van der Waals surface area contributed by atoms with E-state index in [1.54, 1.807) is 19.1 Å². The van der Waals surface area contributed by atoms with Crippen LogP contribution in [0.2, 0.25) is 0 Å². The third kappa shape index (κ3) is 3.42. The van der Waals surface area contributed by atoms with Gasteiger partial charge in [-0.3, -0.25) is 9.59 Å². The summed E-state index contributed by atoms with van der Waals surface area (Å²) in [4.78, 5) is 22.4. The molecule has 2 N–H and O–H groups in total. The Balaban J connectivity index is 1.99. The van der Waals surface area contributed by atoms with E-state index in [0.717, 1.165) is 29.0 Å². The van der Waals surface area contributed by atoms with Gasteiger partial charge in [0.15, 0.2) is 0 Å². The summed E-state index contributed by atoms with van der Waals surface area (Å²) in [5, 5.41) is 10.8. The predicted octanol–water partition coefficient (Wildman–Crippen LogP) is 1.84. The van der Waals surface area contributed by atoms with Crippen LogP contribution in [-0.2, 0) is 9.59 Å². The fourth-order valence-corrected chi connectivity index (χ4v) is 2.53. The van der Waals surface area contributed by atoms with Gasteiger partial charge < -0.3 is 10.4 Å². The molecule has 0 saturated heterocycles. The maximum absolute atomic E-state index is 11.7. The number of aliphatic carboxylic acids is 1. The minimum absolute atomic E-state index is 0.0847. The summed E-state index contributed by atoms with van der Waals surface area (Å²) in [6, 6.07) is 5.34. The van der Waals surface area contributed by atoms with Crippen molar-refractivity contribution in [1.29, 1.82) is 0 Å². The van der Waals surface area contributed by atoms with E-state index < -0.39 is 11.2 Å². The molecule has 0 bridgehead atoms. The van der Waals surface area contributed by atoms with Gasteiger partial charge in [-0.15, -0.1) is 11.8 Å². The van der Waals surface area contributed by atoms with E-state index in [4.69, 9.17) is 5.11 Å². The first kappa shape index (κ1) is 13.8. The summed E-state index contributed by atoms with van der Waals surface area (Å²) in [6.45, 7) is 1.55. The van der Waals surface area contributed by atoms with Crippen molar-refractivity contribution in [3.05, 3.63) is 18.2 Å². The van der Waals surface area contributed by atoms with Gasteiger partial charge in [-0.05, 0) is 19.1 Å². The number of rotatable bonds is 5. The molecule has 0 aliphatic heterocycles. The number of anilines is 1. The van der Waals surface area contributed by atoms with Crippen LogP contribution in [0.1, 0.15) is 6.92 Å². The van der Waals surface area contributed by atoms with Crippen LogP contribution < -0.4 is 5.32 Å². The lowest BCUT2D eigenvalue weighted by molar-refractivity contribution is -0.136. The molecular weight excluding hydrogens is 286 g/mol. The van der Waals surface area contributed by atoms with Crippen molar-refractivity contribution in [3.63, 3.8) is 0 Å². The Morgan fingerprint density at radius 2 is 2.26 bits per heavy atom. The van der Waals surface area contributed by atoms with Crippen LogP contribution in [0.3, 0.4) is 0 Å². The van der Waals surface area contributed by atoms with Crippen LogP contribution in [0, 0.1) is 0 Å². The van der Waals surface area contributed by atoms with E-state index in [1.165, 1.54) is 0 Å². The number of carboxylic acid groups (broad SMARTS) is 1. The molecule has 8 heteroatoms. The van der Waals surface area contributed by atoms with Gasteiger partial charge >= 0.3 is 5.97 Å². The van der Waals surface area contributed by atoms with Crippen LogP contribution in [-0.4, -0.2) is 36.7 Å². The molecule has 6 nitrogen and oxygen atoms in total. The molecule has 0 aliphatic rings. The van der Waals surface area contributed by atoms with Crippen molar-refractivity contribution >= 4 is 52.1 Å². The van der Waals surface area contributed by atoms with Gasteiger partial charge in [-0.1, -0.05) is 6.07 Å². The first-order valence-corrected chi connectivity index (χ1v) is 7.21. The van der Waals surface area contributed by atoms with Gasteiger partial charge in [0.2, 0.25) is 5.91 Å². The standard InChI is InChI=1S/C11H11N3O3S2/c1-6(11(16)17)18-5-9(15)12-7-3-2-4-8-10(7)14-19-13-8/h2-4,6H,5H2,1H3,(H,12,15)(H,16,17). The predicted molar refractivity (Wildman–Crippen MR) is 75.6 cm³/mol. The second-order valence-electron chi connectivity index (χ2n) is 3.78. The average Bonchev–Trinajstić information content (AvgIpc) is 2.85. The van der Waals surface area contributed by atoms with E-state index in [0.29, 0.717) is 11.2 Å². The highest BCUT2D eigenvalue weighted by Gasteiger charge is 2.14. The molecule has 0 radical (unpaired) electrons. The van der Waals surface area contributed by atoms with Crippen molar-refractivity contribution in [3.8, 4) is 0 Å². The number of fused-ring (bicyclic) bond motifs is 1. The molecular formula is C11H11N3O3S2.